The molecule has 0 spiro atoms. The molecule has 0 aromatic rings. The Bertz CT molecular complexity index is 481. The zero-order valence-electron chi connectivity index (χ0n) is 11.8. The summed E-state index contributed by atoms with van der Waals surface area (Å²) in [5.74, 6) is 2.04. The molecular formula is C16H22N2S. The van der Waals surface area contributed by atoms with Crippen molar-refractivity contribution in [3.05, 3.63) is 34.5 Å². The van der Waals surface area contributed by atoms with Crippen LogP contribution in [-0.4, -0.2) is 40.7 Å². The van der Waals surface area contributed by atoms with Crippen molar-refractivity contribution in [3.63, 3.8) is 0 Å². The van der Waals surface area contributed by atoms with E-state index in [-0.39, 0.29) is 0 Å². The van der Waals surface area contributed by atoms with Crippen LogP contribution >= 0.6 is 11.8 Å². The van der Waals surface area contributed by atoms with Crippen molar-refractivity contribution >= 4 is 11.8 Å². The predicted molar refractivity (Wildman–Crippen MR) is 81.8 cm³/mol. The van der Waals surface area contributed by atoms with Gasteiger partial charge in [-0.15, -0.1) is 11.8 Å². The fourth-order valence-corrected chi connectivity index (χ4v) is 5.36. The number of hydrogen-bond donors (Lipinski definition) is 0. The highest BCUT2D eigenvalue weighted by molar-refractivity contribution is 8.03. The maximum absolute atomic E-state index is 2.68. The molecule has 2 atom stereocenters. The Morgan fingerprint density at radius 2 is 2.05 bits per heavy atom. The van der Waals surface area contributed by atoms with Crippen LogP contribution in [0.5, 0.6) is 0 Å². The van der Waals surface area contributed by atoms with Crippen LogP contribution in [0.4, 0.5) is 0 Å². The predicted octanol–water partition coefficient (Wildman–Crippen LogP) is 3.20. The monoisotopic (exact) mass is 274 g/mol. The number of piperidine rings is 3. The number of allylic oxidation sites excluding steroid dienone is 3. The van der Waals surface area contributed by atoms with E-state index in [0.29, 0.717) is 12.1 Å². The summed E-state index contributed by atoms with van der Waals surface area (Å²) in [5, 5.41) is 0. The summed E-state index contributed by atoms with van der Waals surface area (Å²) < 4.78 is 0. The zero-order valence-corrected chi connectivity index (χ0v) is 12.6. The molecule has 2 nitrogen and oxygen atoms in total. The van der Waals surface area contributed by atoms with E-state index in [0.717, 1.165) is 11.7 Å². The lowest BCUT2D eigenvalue weighted by Crippen LogP contribution is -2.61. The molecule has 0 N–H and O–H groups in total. The van der Waals surface area contributed by atoms with Crippen molar-refractivity contribution in [1.29, 1.82) is 0 Å². The van der Waals surface area contributed by atoms with Crippen molar-refractivity contribution in [3.8, 4) is 0 Å². The van der Waals surface area contributed by atoms with Crippen LogP contribution in [0.25, 0.3) is 0 Å². The van der Waals surface area contributed by atoms with Gasteiger partial charge < -0.3 is 4.90 Å². The van der Waals surface area contributed by atoms with Crippen molar-refractivity contribution in [2.45, 2.75) is 38.8 Å². The number of hydrogen-bond acceptors (Lipinski definition) is 3. The third kappa shape index (κ3) is 1.74. The van der Waals surface area contributed by atoms with E-state index in [2.05, 4.69) is 42.0 Å². The van der Waals surface area contributed by atoms with Crippen LogP contribution < -0.4 is 0 Å². The first-order valence-electron chi connectivity index (χ1n) is 7.50. The molecule has 5 heterocycles. The van der Waals surface area contributed by atoms with Crippen LogP contribution in [0.15, 0.2) is 34.5 Å². The van der Waals surface area contributed by atoms with Gasteiger partial charge in [-0.25, -0.2) is 0 Å². The maximum Gasteiger partial charge on any atom is 0.0515 e. The molecule has 3 fully saturated rings. The van der Waals surface area contributed by atoms with Crippen LogP contribution in [0.2, 0.25) is 0 Å². The van der Waals surface area contributed by atoms with Crippen LogP contribution in [0.3, 0.4) is 0 Å². The Kier molecular flexibility index (Phi) is 2.82. The van der Waals surface area contributed by atoms with E-state index in [1.165, 1.54) is 42.1 Å². The normalized spacial score (nSPS) is 40.7. The smallest absolute Gasteiger partial charge is 0.0515 e. The zero-order chi connectivity index (χ0) is 13.0. The molecule has 0 aliphatic carbocycles. The molecule has 0 unspecified atom stereocenters. The van der Waals surface area contributed by atoms with Gasteiger partial charge in [0.15, 0.2) is 0 Å². The van der Waals surface area contributed by atoms with Crippen molar-refractivity contribution < 1.29 is 0 Å². The van der Waals surface area contributed by atoms with Gasteiger partial charge >= 0.3 is 0 Å². The van der Waals surface area contributed by atoms with Gasteiger partial charge in [-0.2, -0.15) is 0 Å². The average Bonchev–Trinajstić information content (AvgIpc) is 2.91. The molecule has 5 aliphatic rings. The average molecular weight is 274 g/mol. The van der Waals surface area contributed by atoms with E-state index in [4.69, 9.17) is 0 Å². The fourth-order valence-electron chi connectivity index (χ4n) is 4.30. The van der Waals surface area contributed by atoms with Crippen molar-refractivity contribution in [1.82, 2.24) is 9.80 Å². The molecule has 0 aromatic heterocycles. The second-order valence-electron chi connectivity index (χ2n) is 6.21. The standard InChI is InChI=1S/C16H22N2S/c1-11-15(13-3-7-17(11)8-4-13)18-9-5-14-6-10-19-16(14)12(18)2/h5-6,9,11,13,15H,3-4,7-8,10H2,1-2H3/t11-,15+/m1/s1. The van der Waals surface area contributed by atoms with E-state index in [9.17, 15) is 0 Å². The van der Waals surface area contributed by atoms with E-state index in [1.807, 2.05) is 11.8 Å². The number of fused-ring (bicyclic) bond motifs is 4. The molecule has 5 aliphatic heterocycles. The summed E-state index contributed by atoms with van der Waals surface area (Å²) in [6.45, 7) is 7.37. The molecular weight excluding hydrogens is 252 g/mol. The first kappa shape index (κ1) is 12.1. The lowest BCUT2D eigenvalue weighted by Gasteiger charge is -2.54. The quantitative estimate of drug-likeness (QED) is 0.725. The number of nitrogens with zero attached hydrogens (tertiary/aromatic N) is 2. The minimum atomic E-state index is 0.689. The molecule has 2 bridgehead atoms. The molecule has 102 valence electrons. The highest BCUT2D eigenvalue weighted by atomic mass is 32.2. The molecule has 3 heteroatoms. The van der Waals surface area contributed by atoms with Crippen molar-refractivity contribution in [2.75, 3.05) is 18.8 Å². The first-order chi connectivity index (χ1) is 9.25. The summed E-state index contributed by atoms with van der Waals surface area (Å²) in [5.41, 5.74) is 2.94. The Morgan fingerprint density at radius 1 is 1.26 bits per heavy atom. The van der Waals surface area contributed by atoms with Gasteiger partial charge in [-0.1, -0.05) is 6.08 Å². The second kappa shape index (κ2) is 4.42. The van der Waals surface area contributed by atoms with Gasteiger partial charge in [0.2, 0.25) is 0 Å². The third-order valence-corrected chi connectivity index (χ3v) is 6.53. The molecule has 5 rings (SSSR count). The summed E-state index contributed by atoms with van der Waals surface area (Å²) in [4.78, 5) is 6.79. The van der Waals surface area contributed by atoms with Gasteiger partial charge in [0.25, 0.3) is 0 Å². The molecule has 0 aromatic carbocycles. The van der Waals surface area contributed by atoms with Gasteiger partial charge in [0, 0.05) is 28.6 Å². The maximum atomic E-state index is 2.68. The highest BCUT2D eigenvalue weighted by Crippen LogP contribution is 2.43. The molecule has 3 saturated heterocycles. The summed E-state index contributed by atoms with van der Waals surface area (Å²) in [6.07, 6.45) is 9.80. The van der Waals surface area contributed by atoms with Gasteiger partial charge in [-0.3, -0.25) is 4.90 Å². The van der Waals surface area contributed by atoms with Crippen molar-refractivity contribution in [2.24, 2.45) is 5.92 Å². The Labute approximate surface area is 120 Å². The third-order valence-electron chi connectivity index (χ3n) is 5.37. The number of thioether (sulfide) groups is 1. The van der Waals surface area contributed by atoms with E-state index in [1.54, 1.807) is 0 Å². The number of rotatable bonds is 1. The Hall–Kier alpha value is -0.670. The summed E-state index contributed by atoms with van der Waals surface area (Å²) in [7, 11) is 0. The van der Waals surface area contributed by atoms with E-state index < -0.39 is 0 Å². The van der Waals surface area contributed by atoms with Gasteiger partial charge in [-0.05, 0) is 57.3 Å². The topological polar surface area (TPSA) is 6.48 Å². The summed E-state index contributed by atoms with van der Waals surface area (Å²) >= 11 is 2.00. The Morgan fingerprint density at radius 3 is 2.79 bits per heavy atom. The minimum Gasteiger partial charge on any atom is -0.346 e. The van der Waals surface area contributed by atoms with E-state index >= 15 is 0 Å². The molecule has 0 saturated carbocycles. The second-order valence-corrected chi connectivity index (χ2v) is 7.24. The molecule has 0 radical (unpaired) electrons. The summed E-state index contributed by atoms with van der Waals surface area (Å²) in [6, 6.07) is 1.39. The minimum absolute atomic E-state index is 0.689. The van der Waals surface area contributed by atoms with Crippen LogP contribution in [0.1, 0.15) is 26.7 Å². The van der Waals surface area contributed by atoms with Gasteiger partial charge in [0.1, 0.15) is 0 Å². The van der Waals surface area contributed by atoms with Crippen LogP contribution in [-0.2, 0) is 0 Å². The van der Waals surface area contributed by atoms with Gasteiger partial charge in [0.05, 0.1) is 6.04 Å². The molecule has 19 heavy (non-hydrogen) atoms. The SMILES string of the molecule is CC1=C2SCC=C2C=CN1[C@@H]1C2CCN(CC2)[C@@H]1C. The lowest BCUT2D eigenvalue weighted by molar-refractivity contribution is -0.0102. The Balaban J connectivity index is 1.68. The van der Waals surface area contributed by atoms with Crippen LogP contribution in [0, 0.1) is 5.92 Å². The molecule has 0 amide bonds. The fraction of sp³-hybridized carbons (Fsp3) is 0.625. The largest absolute Gasteiger partial charge is 0.346 e. The highest BCUT2D eigenvalue weighted by Gasteiger charge is 2.43. The lowest BCUT2D eigenvalue weighted by atomic mass is 9.78. The first-order valence-corrected chi connectivity index (χ1v) is 8.49.